The van der Waals surface area contributed by atoms with Crippen LogP contribution in [0.25, 0.3) is 0 Å². The number of rotatable bonds is 10. The van der Waals surface area contributed by atoms with E-state index in [0.717, 1.165) is 47.6 Å². The fourth-order valence-electron chi connectivity index (χ4n) is 4.35. The molecule has 180 valence electrons. The average molecular weight is 465 g/mol. The number of nitrogens with one attached hydrogen (secondary N) is 1. The van der Waals surface area contributed by atoms with Crippen molar-refractivity contribution >= 4 is 5.91 Å². The number of hydrogen-bond donors (Lipinski definition) is 2. The smallest absolute Gasteiger partial charge is 0.272 e. The highest BCUT2D eigenvalue weighted by Crippen LogP contribution is 2.30. The maximum absolute atomic E-state index is 13.1. The van der Waals surface area contributed by atoms with E-state index in [9.17, 15) is 9.90 Å². The number of benzene rings is 2. The van der Waals surface area contributed by atoms with E-state index in [-0.39, 0.29) is 12.5 Å². The topological polar surface area (TPSA) is 88.9 Å². The van der Waals surface area contributed by atoms with Crippen molar-refractivity contribution in [1.29, 1.82) is 0 Å². The molecule has 0 spiro atoms. The second-order valence-electron chi connectivity index (χ2n) is 8.27. The van der Waals surface area contributed by atoms with E-state index in [1.54, 1.807) is 11.8 Å². The zero-order valence-electron chi connectivity index (χ0n) is 19.8. The second-order valence-corrected chi connectivity index (χ2v) is 8.27. The minimum absolute atomic E-state index is 0.0189. The number of aromatic nitrogens is 2. The molecule has 0 saturated carbocycles. The lowest BCUT2D eigenvalue weighted by molar-refractivity contribution is 0.0942. The molecule has 0 aliphatic carbocycles. The van der Waals surface area contributed by atoms with Crippen LogP contribution in [0.3, 0.4) is 0 Å². The van der Waals surface area contributed by atoms with E-state index in [2.05, 4.69) is 15.3 Å². The molecule has 1 amide bonds. The number of aliphatic hydroxyl groups is 1. The Bertz CT molecular complexity index is 1110. The van der Waals surface area contributed by atoms with E-state index >= 15 is 0 Å². The zero-order valence-corrected chi connectivity index (χ0v) is 19.8. The van der Waals surface area contributed by atoms with E-state index in [1.165, 1.54) is 0 Å². The summed E-state index contributed by atoms with van der Waals surface area (Å²) < 4.78 is 12.9. The van der Waals surface area contributed by atoms with Gasteiger partial charge in [-0.2, -0.15) is 5.10 Å². The van der Waals surface area contributed by atoms with Crippen LogP contribution < -0.4 is 14.8 Å². The summed E-state index contributed by atoms with van der Waals surface area (Å²) in [5, 5.41) is 17.1. The van der Waals surface area contributed by atoms with Crippen LogP contribution in [0.15, 0.2) is 48.5 Å². The number of methoxy groups -OCH3 is 1. The number of nitrogens with zero attached hydrogens (tertiary/aromatic N) is 3. The van der Waals surface area contributed by atoms with Gasteiger partial charge in [0.15, 0.2) is 17.2 Å². The SMILES string of the molecule is CCOc1cc(CN2CCc3c(c(C(=O)NCc4ccccc4)nn3CCO)C2)ccc1OC. The van der Waals surface area contributed by atoms with Crippen molar-refractivity contribution in [3.05, 3.63) is 76.6 Å². The Morgan fingerprint density at radius 3 is 2.71 bits per heavy atom. The Labute approximate surface area is 200 Å². The third-order valence-electron chi connectivity index (χ3n) is 5.97. The van der Waals surface area contributed by atoms with Gasteiger partial charge in [-0.3, -0.25) is 14.4 Å². The number of fused-ring (bicyclic) bond motifs is 1. The second kappa shape index (κ2) is 11.2. The number of hydrogen-bond acceptors (Lipinski definition) is 6. The zero-order chi connectivity index (χ0) is 23.9. The summed E-state index contributed by atoms with van der Waals surface area (Å²) in [6, 6.07) is 15.8. The van der Waals surface area contributed by atoms with Gasteiger partial charge < -0.3 is 19.9 Å². The minimum atomic E-state index is -0.193. The van der Waals surface area contributed by atoms with Crippen LogP contribution in [0.4, 0.5) is 0 Å². The summed E-state index contributed by atoms with van der Waals surface area (Å²) in [7, 11) is 1.64. The van der Waals surface area contributed by atoms with Crippen molar-refractivity contribution in [2.75, 3.05) is 26.9 Å². The molecule has 0 bridgehead atoms. The Morgan fingerprint density at radius 2 is 1.97 bits per heavy atom. The maximum atomic E-state index is 13.1. The summed E-state index contributed by atoms with van der Waals surface area (Å²) in [6.07, 6.45) is 0.767. The minimum Gasteiger partial charge on any atom is -0.493 e. The molecule has 2 heterocycles. The van der Waals surface area contributed by atoms with E-state index in [1.807, 2.05) is 55.5 Å². The Hall–Kier alpha value is -3.36. The lowest BCUT2D eigenvalue weighted by Crippen LogP contribution is -2.32. The first-order chi connectivity index (χ1) is 16.6. The molecule has 2 N–H and O–H groups in total. The first kappa shape index (κ1) is 23.8. The highest BCUT2D eigenvalue weighted by Gasteiger charge is 2.28. The highest BCUT2D eigenvalue weighted by atomic mass is 16.5. The van der Waals surface area contributed by atoms with E-state index < -0.39 is 0 Å². The number of amides is 1. The first-order valence-corrected chi connectivity index (χ1v) is 11.7. The molecular formula is C26H32N4O4. The van der Waals surface area contributed by atoms with Crippen LogP contribution in [-0.4, -0.2) is 52.6 Å². The molecule has 0 fully saturated rings. The molecule has 0 saturated heterocycles. The van der Waals surface area contributed by atoms with E-state index in [0.29, 0.717) is 37.7 Å². The Morgan fingerprint density at radius 1 is 1.15 bits per heavy atom. The van der Waals surface area contributed by atoms with Gasteiger partial charge in [-0.05, 0) is 30.2 Å². The van der Waals surface area contributed by atoms with Crippen LogP contribution in [0.2, 0.25) is 0 Å². The van der Waals surface area contributed by atoms with Gasteiger partial charge in [-0.25, -0.2) is 0 Å². The first-order valence-electron chi connectivity index (χ1n) is 11.7. The molecular weight excluding hydrogens is 432 g/mol. The van der Waals surface area contributed by atoms with Crippen molar-refractivity contribution in [2.24, 2.45) is 0 Å². The monoisotopic (exact) mass is 464 g/mol. The van der Waals surface area contributed by atoms with Crippen LogP contribution in [0, 0.1) is 0 Å². The normalized spacial score (nSPS) is 13.4. The van der Waals surface area contributed by atoms with Gasteiger partial charge in [0.2, 0.25) is 0 Å². The van der Waals surface area contributed by atoms with Gasteiger partial charge in [0.25, 0.3) is 5.91 Å². The largest absolute Gasteiger partial charge is 0.493 e. The van der Waals surface area contributed by atoms with Crippen LogP contribution in [-0.2, 0) is 32.6 Å². The number of carbonyl (C=O) groups is 1. The molecule has 8 heteroatoms. The molecule has 2 aromatic carbocycles. The highest BCUT2D eigenvalue weighted by molar-refractivity contribution is 5.94. The van der Waals surface area contributed by atoms with Gasteiger partial charge in [-0.15, -0.1) is 0 Å². The van der Waals surface area contributed by atoms with E-state index in [4.69, 9.17) is 9.47 Å². The fraction of sp³-hybridized carbons (Fsp3) is 0.385. The third-order valence-corrected chi connectivity index (χ3v) is 5.97. The van der Waals surface area contributed by atoms with Crippen LogP contribution >= 0.6 is 0 Å². The van der Waals surface area contributed by atoms with Crippen molar-refractivity contribution in [1.82, 2.24) is 20.0 Å². The van der Waals surface area contributed by atoms with Crippen LogP contribution in [0.5, 0.6) is 11.5 Å². The van der Waals surface area contributed by atoms with Gasteiger partial charge in [0.1, 0.15) is 0 Å². The number of aliphatic hydroxyl groups excluding tert-OH is 1. The van der Waals surface area contributed by atoms with Gasteiger partial charge in [-0.1, -0.05) is 36.4 Å². The van der Waals surface area contributed by atoms with Gasteiger partial charge in [0.05, 0.1) is 26.9 Å². The molecule has 4 rings (SSSR count). The predicted octanol–water partition coefficient (Wildman–Crippen LogP) is 2.77. The molecule has 1 aromatic heterocycles. The predicted molar refractivity (Wildman–Crippen MR) is 129 cm³/mol. The summed E-state index contributed by atoms with van der Waals surface area (Å²) in [5.41, 5.74) is 4.55. The van der Waals surface area contributed by atoms with Crippen molar-refractivity contribution in [2.45, 2.75) is 39.5 Å². The fourth-order valence-corrected chi connectivity index (χ4v) is 4.35. The lowest BCUT2D eigenvalue weighted by atomic mass is 10.0. The molecule has 0 radical (unpaired) electrons. The Kier molecular flexibility index (Phi) is 7.82. The van der Waals surface area contributed by atoms with Crippen molar-refractivity contribution < 1.29 is 19.4 Å². The number of carbonyl (C=O) groups excluding carboxylic acids is 1. The average Bonchev–Trinajstić information content (AvgIpc) is 3.21. The third kappa shape index (κ3) is 5.40. The summed E-state index contributed by atoms with van der Waals surface area (Å²) in [5.74, 6) is 1.26. The molecule has 0 atom stereocenters. The summed E-state index contributed by atoms with van der Waals surface area (Å²) in [4.78, 5) is 15.4. The molecule has 8 nitrogen and oxygen atoms in total. The van der Waals surface area contributed by atoms with Crippen molar-refractivity contribution in [3.8, 4) is 11.5 Å². The van der Waals surface area contributed by atoms with Gasteiger partial charge in [0, 0.05) is 43.9 Å². The Balaban J connectivity index is 1.51. The molecule has 0 unspecified atom stereocenters. The quantitative estimate of drug-likeness (QED) is 0.480. The lowest BCUT2D eigenvalue weighted by Gasteiger charge is -2.28. The molecule has 1 aliphatic heterocycles. The standard InChI is InChI=1S/C26H32N4O4/c1-3-34-24-15-20(9-10-23(24)33-2)17-29-12-11-22-21(18-29)25(28-30(22)13-14-31)26(32)27-16-19-7-5-4-6-8-19/h4-10,15,31H,3,11-14,16-18H2,1-2H3,(H,27,32). The van der Waals surface area contributed by atoms with Crippen molar-refractivity contribution in [3.63, 3.8) is 0 Å². The molecule has 3 aromatic rings. The maximum Gasteiger partial charge on any atom is 0.272 e. The molecule has 1 aliphatic rings. The van der Waals surface area contributed by atoms with Gasteiger partial charge >= 0.3 is 0 Å². The number of ether oxygens (including phenoxy) is 2. The summed E-state index contributed by atoms with van der Waals surface area (Å²) >= 11 is 0. The molecule has 34 heavy (non-hydrogen) atoms. The summed E-state index contributed by atoms with van der Waals surface area (Å²) in [6.45, 7) is 5.50. The van der Waals surface area contributed by atoms with Crippen LogP contribution in [0.1, 0.15) is 39.8 Å².